The smallest absolute Gasteiger partial charge is 0.108 e. The number of hydrogen-bond acceptors (Lipinski definition) is 2. The highest BCUT2D eigenvalue weighted by atomic mass is 79.9. The van der Waals surface area contributed by atoms with E-state index in [1.54, 1.807) is 0 Å². The molecule has 0 atom stereocenters. The number of aromatic nitrogens is 2. The normalized spacial score (nSPS) is 15.4. The van der Waals surface area contributed by atoms with Crippen LogP contribution in [0.3, 0.4) is 0 Å². The molecule has 4 heteroatoms. The maximum absolute atomic E-state index is 4.64. The number of pyridine rings is 1. The molecule has 0 radical (unpaired) electrons. The Morgan fingerprint density at radius 3 is 3.00 bits per heavy atom. The molecule has 0 unspecified atom stereocenters. The highest BCUT2D eigenvalue weighted by molar-refractivity contribution is 9.10. The fourth-order valence-corrected chi connectivity index (χ4v) is 2.52. The van der Waals surface area contributed by atoms with Crippen LogP contribution in [0.25, 0.3) is 5.52 Å². The van der Waals surface area contributed by atoms with Gasteiger partial charge < -0.3 is 5.32 Å². The van der Waals surface area contributed by atoms with Gasteiger partial charge in [-0.2, -0.15) is 5.10 Å². The van der Waals surface area contributed by atoms with Gasteiger partial charge in [-0.1, -0.05) is 13.0 Å². The number of anilines is 1. The average molecular weight is 294 g/mol. The van der Waals surface area contributed by atoms with E-state index in [-0.39, 0.29) is 0 Å². The summed E-state index contributed by atoms with van der Waals surface area (Å²) < 4.78 is 2.97. The zero-order valence-corrected chi connectivity index (χ0v) is 11.5. The molecule has 0 bridgehead atoms. The molecule has 0 saturated heterocycles. The van der Waals surface area contributed by atoms with Crippen LogP contribution in [-0.2, 0) is 6.42 Å². The molecule has 0 aliphatic heterocycles. The van der Waals surface area contributed by atoms with Gasteiger partial charge in [0.05, 0.1) is 16.9 Å². The second-order valence-electron chi connectivity index (χ2n) is 4.65. The Hall–Kier alpha value is -1.03. The molecule has 1 N–H and O–H groups in total. The fraction of sp³-hybridized carbons (Fsp3) is 0.462. The molecule has 1 fully saturated rings. The van der Waals surface area contributed by atoms with Crippen LogP contribution in [0.2, 0.25) is 0 Å². The van der Waals surface area contributed by atoms with Crippen molar-refractivity contribution in [2.45, 2.75) is 26.2 Å². The van der Waals surface area contributed by atoms with Crippen LogP contribution in [0.5, 0.6) is 0 Å². The van der Waals surface area contributed by atoms with Gasteiger partial charge >= 0.3 is 0 Å². The van der Waals surface area contributed by atoms with E-state index in [1.807, 2.05) is 10.6 Å². The van der Waals surface area contributed by atoms with Gasteiger partial charge in [-0.05, 0) is 53.2 Å². The van der Waals surface area contributed by atoms with Crippen molar-refractivity contribution in [2.75, 3.05) is 11.9 Å². The van der Waals surface area contributed by atoms with Crippen molar-refractivity contribution in [3.63, 3.8) is 0 Å². The summed E-state index contributed by atoms with van der Waals surface area (Å²) in [5.41, 5.74) is 3.52. The molecule has 1 saturated carbocycles. The van der Waals surface area contributed by atoms with Gasteiger partial charge in [0.1, 0.15) is 4.60 Å². The summed E-state index contributed by atoms with van der Waals surface area (Å²) in [6.07, 6.45) is 3.70. The first kappa shape index (κ1) is 11.1. The standard InChI is InChI=1S/C13H16BrN3/c1-2-10-13(15-8-9-6-7-9)11-4-3-5-12(14)17(11)16-10/h3-5,9,15H,2,6-8H2,1H3. The zero-order chi connectivity index (χ0) is 11.8. The molecule has 90 valence electrons. The number of hydrogen-bond donors (Lipinski definition) is 1. The lowest BCUT2D eigenvalue weighted by Crippen LogP contribution is -2.04. The second kappa shape index (κ2) is 4.33. The van der Waals surface area contributed by atoms with Crippen molar-refractivity contribution >= 4 is 27.1 Å². The van der Waals surface area contributed by atoms with Crippen LogP contribution >= 0.6 is 15.9 Å². The first-order valence-electron chi connectivity index (χ1n) is 6.19. The van der Waals surface area contributed by atoms with Gasteiger partial charge in [-0.15, -0.1) is 0 Å². The minimum atomic E-state index is 0.877. The van der Waals surface area contributed by atoms with Crippen LogP contribution < -0.4 is 5.32 Å². The highest BCUT2D eigenvalue weighted by Gasteiger charge is 2.22. The van der Waals surface area contributed by atoms with Gasteiger partial charge in [-0.3, -0.25) is 0 Å². The van der Waals surface area contributed by atoms with Crippen LogP contribution in [0.15, 0.2) is 22.8 Å². The molecule has 2 aromatic rings. The van der Waals surface area contributed by atoms with Crippen LogP contribution in [0.4, 0.5) is 5.69 Å². The molecule has 3 nitrogen and oxygen atoms in total. The Balaban J connectivity index is 2.02. The molecule has 3 rings (SSSR count). The van der Waals surface area contributed by atoms with Gasteiger partial charge in [0.2, 0.25) is 0 Å². The molecule has 1 aliphatic rings. The lowest BCUT2D eigenvalue weighted by molar-refractivity contribution is 0.872. The van der Waals surface area contributed by atoms with Gasteiger partial charge in [0.25, 0.3) is 0 Å². The highest BCUT2D eigenvalue weighted by Crippen LogP contribution is 2.31. The molecular weight excluding hydrogens is 278 g/mol. The molecule has 2 heterocycles. The van der Waals surface area contributed by atoms with Crippen molar-refractivity contribution in [2.24, 2.45) is 5.92 Å². The van der Waals surface area contributed by atoms with Crippen LogP contribution in [-0.4, -0.2) is 16.2 Å². The number of nitrogens with zero attached hydrogens (tertiary/aromatic N) is 2. The third-order valence-electron chi connectivity index (χ3n) is 3.28. The van der Waals surface area contributed by atoms with E-state index in [0.717, 1.165) is 34.7 Å². The van der Waals surface area contributed by atoms with Crippen molar-refractivity contribution in [3.05, 3.63) is 28.5 Å². The Morgan fingerprint density at radius 1 is 1.47 bits per heavy atom. The second-order valence-corrected chi connectivity index (χ2v) is 5.46. The van der Waals surface area contributed by atoms with E-state index in [1.165, 1.54) is 18.5 Å². The first-order chi connectivity index (χ1) is 8.29. The average Bonchev–Trinajstić information content (AvgIpc) is 3.08. The summed E-state index contributed by atoms with van der Waals surface area (Å²) in [6.45, 7) is 3.23. The molecule has 2 aromatic heterocycles. The Labute approximate surface area is 109 Å². The van der Waals surface area contributed by atoms with E-state index >= 15 is 0 Å². The number of nitrogens with one attached hydrogen (secondary N) is 1. The summed E-state index contributed by atoms with van der Waals surface area (Å²) in [4.78, 5) is 0. The molecular formula is C13H16BrN3. The maximum Gasteiger partial charge on any atom is 0.108 e. The number of rotatable bonds is 4. The third-order valence-corrected chi connectivity index (χ3v) is 3.88. The van der Waals surface area contributed by atoms with E-state index in [0.29, 0.717) is 0 Å². The van der Waals surface area contributed by atoms with Crippen molar-refractivity contribution < 1.29 is 0 Å². The van der Waals surface area contributed by atoms with Crippen LogP contribution in [0, 0.1) is 5.92 Å². The molecule has 0 aromatic carbocycles. The number of fused-ring (bicyclic) bond motifs is 1. The Bertz CT molecular complexity index is 543. The molecule has 17 heavy (non-hydrogen) atoms. The largest absolute Gasteiger partial charge is 0.381 e. The van der Waals surface area contributed by atoms with Gasteiger partial charge in [0, 0.05) is 6.54 Å². The minimum Gasteiger partial charge on any atom is -0.381 e. The monoisotopic (exact) mass is 293 g/mol. The fourth-order valence-electron chi connectivity index (χ4n) is 2.09. The van der Waals surface area contributed by atoms with E-state index in [9.17, 15) is 0 Å². The van der Waals surface area contributed by atoms with Crippen LogP contribution in [0.1, 0.15) is 25.5 Å². The molecule has 0 amide bonds. The SMILES string of the molecule is CCc1nn2c(Br)cccc2c1NCC1CC1. The minimum absolute atomic E-state index is 0.877. The van der Waals surface area contributed by atoms with Gasteiger partial charge in [0.15, 0.2) is 0 Å². The van der Waals surface area contributed by atoms with Crippen molar-refractivity contribution in [1.29, 1.82) is 0 Å². The molecule has 0 spiro atoms. The summed E-state index contributed by atoms with van der Waals surface area (Å²) in [5, 5.41) is 8.21. The lowest BCUT2D eigenvalue weighted by Gasteiger charge is -2.05. The number of aryl methyl sites for hydroxylation is 1. The summed E-state index contributed by atoms with van der Waals surface area (Å²) in [6, 6.07) is 6.19. The Kier molecular flexibility index (Phi) is 2.82. The first-order valence-corrected chi connectivity index (χ1v) is 6.99. The predicted molar refractivity (Wildman–Crippen MR) is 73.5 cm³/mol. The lowest BCUT2D eigenvalue weighted by atomic mass is 10.2. The summed E-state index contributed by atoms with van der Waals surface area (Å²) in [5.74, 6) is 0.877. The summed E-state index contributed by atoms with van der Waals surface area (Å²) >= 11 is 3.54. The van der Waals surface area contributed by atoms with E-state index in [4.69, 9.17) is 0 Å². The predicted octanol–water partition coefficient (Wildman–Crippen LogP) is 3.48. The van der Waals surface area contributed by atoms with E-state index < -0.39 is 0 Å². The third kappa shape index (κ3) is 2.06. The van der Waals surface area contributed by atoms with Gasteiger partial charge in [-0.25, -0.2) is 4.52 Å². The van der Waals surface area contributed by atoms with E-state index in [2.05, 4.69) is 45.4 Å². The van der Waals surface area contributed by atoms with Crippen molar-refractivity contribution in [1.82, 2.24) is 9.61 Å². The topological polar surface area (TPSA) is 29.3 Å². The Morgan fingerprint density at radius 2 is 2.29 bits per heavy atom. The zero-order valence-electron chi connectivity index (χ0n) is 9.91. The maximum atomic E-state index is 4.64. The van der Waals surface area contributed by atoms with Crippen molar-refractivity contribution in [3.8, 4) is 0 Å². The quantitative estimate of drug-likeness (QED) is 0.875. The summed E-state index contributed by atoms with van der Waals surface area (Å²) in [7, 11) is 0. The molecule has 1 aliphatic carbocycles. The number of halogens is 1.